The van der Waals surface area contributed by atoms with Gasteiger partial charge < -0.3 is 9.78 Å². The summed E-state index contributed by atoms with van der Waals surface area (Å²) in [6.07, 6.45) is 4.53. The Morgan fingerprint density at radius 1 is 1.64 bits per heavy atom. The third-order valence-electron chi connectivity index (χ3n) is 1.64. The molecule has 0 saturated carbocycles. The summed E-state index contributed by atoms with van der Waals surface area (Å²) in [6.45, 7) is 1.63. The van der Waals surface area contributed by atoms with Crippen molar-refractivity contribution in [2.75, 3.05) is 0 Å². The summed E-state index contributed by atoms with van der Waals surface area (Å²) in [7, 11) is 0. The molecule has 0 bridgehead atoms. The summed E-state index contributed by atoms with van der Waals surface area (Å²) < 4.78 is 0. The van der Waals surface area contributed by atoms with Crippen molar-refractivity contribution in [1.82, 2.24) is 4.98 Å². The van der Waals surface area contributed by atoms with Crippen molar-refractivity contribution in [2.24, 2.45) is 0 Å². The quantitative estimate of drug-likeness (QED) is 0.700. The second-order valence-corrected chi connectivity index (χ2v) is 2.75. The van der Waals surface area contributed by atoms with Gasteiger partial charge in [0.05, 0.1) is 0 Å². The highest BCUT2D eigenvalue weighted by Crippen LogP contribution is 2.01. The van der Waals surface area contributed by atoms with Crippen LogP contribution >= 0.6 is 0 Å². The van der Waals surface area contributed by atoms with Gasteiger partial charge in [0.25, 0.3) is 0 Å². The second kappa shape index (κ2) is 3.96. The van der Waals surface area contributed by atoms with E-state index in [0.717, 1.165) is 12.8 Å². The Morgan fingerprint density at radius 3 is 3.00 bits per heavy atom. The van der Waals surface area contributed by atoms with Crippen LogP contribution in [-0.4, -0.2) is 10.8 Å². The van der Waals surface area contributed by atoms with Crippen molar-refractivity contribution in [3.05, 3.63) is 24.0 Å². The minimum absolute atomic E-state index is 0.275. The fraction of sp³-hybridized carbons (Fsp3) is 0.444. The standard InChI is InChI=1S/C9H13NO/c1-8(11)4-2-5-9-6-3-7-10-9/h3,6-7,10H,2,4-5H2,1H3. The number of aryl methyl sites for hydroxylation is 1. The van der Waals surface area contributed by atoms with Crippen LogP contribution in [0.3, 0.4) is 0 Å². The van der Waals surface area contributed by atoms with Crippen molar-refractivity contribution in [3.63, 3.8) is 0 Å². The van der Waals surface area contributed by atoms with Gasteiger partial charge in [-0.1, -0.05) is 0 Å². The molecule has 60 valence electrons. The van der Waals surface area contributed by atoms with E-state index in [-0.39, 0.29) is 5.78 Å². The van der Waals surface area contributed by atoms with Crippen LogP contribution in [0.25, 0.3) is 0 Å². The molecule has 0 spiro atoms. The van der Waals surface area contributed by atoms with E-state index in [9.17, 15) is 4.79 Å². The van der Waals surface area contributed by atoms with Crippen LogP contribution in [0.1, 0.15) is 25.5 Å². The molecule has 11 heavy (non-hydrogen) atoms. The third kappa shape index (κ3) is 3.03. The van der Waals surface area contributed by atoms with Crippen molar-refractivity contribution >= 4 is 5.78 Å². The minimum atomic E-state index is 0.275. The number of Topliss-reactive ketones (excluding diaryl/α,β-unsaturated/α-hetero) is 1. The van der Waals surface area contributed by atoms with Gasteiger partial charge in [0.15, 0.2) is 0 Å². The smallest absolute Gasteiger partial charge is 0.129 e. The molecule has 0 fully saturated rings. The molecule has 1 aromatic heterocycles. The molecule has 1 N–H and O–H groups in total. The maximum atomic E-state index is 10.6. The summed E-state index contributed by atoms with van der Waals surface area (Å²) >= 11 is 0. The monoisotopic (exact) mass is 151 g/mol. The van der Waals surface area contributed by atoms with E-state index < -0.39 is 0 Å². The van der Waals surface area contributed by atoms with Gasteiger partial charge in [-0.2, -0.15) is 0 Å². The van der Waals surface area contributed by atoms with Gasteiger partial charge in [0.2, 0.25) is 0 Å². The van der Waals surface area contributed by atoms with Crippen LogP contribution in [0, 0.1) is 0 Å². The minimum Gasteiger partial charge on any atom is -0.365 e. The SMILES string of the molecule is CC(=O)CCCc1ccc[nH]1. The highest BCUT2D eigenvalue weighted by atomic mass is 16.1. The lowest BCUT2D eigenvalue weighted by Gasteiger charge is -1.94. The molecule has 0 radical (unpaired) electrons. The molecule has 0 atom stereocenters. The molecule has 0 amide bonds. The van der Waals surface area contributed by atoms with Crippen LogP contribution < -0.4 is 0 Å². The first kappa shape index (κ1) is 8.05. The Balaban J connectivity index is 2.19. The molecule has 0 aliphatic rings. The number of aromatic amines is 1. The number of aromatic nitrogens is 1. The first-order chi connectivity index (χ1) is 5.29. The Labute approximate surface area is 66.6 Å². The normalized spacial score (nSPS) is 9.91. The summed E-state index contributed by atoms with van der Waals surface area (Å²) in [6, 6.07) is 4.02. The Hall–Kier alpha value is -1.05. The largest absolute Gasteiger partial charge is 0.365 e. The van der Waals surface area contributed by atoms with Gasteiger partial charge in [-0.25, -0.2) is 0 Å². The second-order valence-electron chi connectivity index (χ2n) is 2.75. The van der Waals surface area contributed by atoms with Gasteiger partial charge in [0.1, 0.15) is 5.78 Å². The highest BCUT2D eigenvalue weighted by Gasteiger charge is 1.95. The lowest BCUT2D eigenvalue weighted by molar-refractivity contribution is -0.117. The topological polar surface area (TPSA) is 32.9 Å². The molecule has 0 aliphatic heterocycles. The Bertz CT molecular complexity index is 213. The molecule has 2 heteroatoms. The fourth-order valence-corrected chi connectivity index (χ4v) is 1.05. The van der Waals surface area contributed by atoms with Crippen LogP contribution in [-0.2, 0) is 11.2 Å². The van der Waals surface area contributed by atoms with Gasteiger partial charge in [0, 0.05) is 18.3 Å². The number of rotatable bonds is 4. The van der Waals surface area contributed by atoms with Crippen molar-refractivity contribution < 1.29 is 4.79 Å². The zero-order chi connectivity index (χ0) is 8.10. The number of H-pyrrole nitrogens is 1. The summed E-state index contributed by atoms with van der Waals surface area (Å²) in [5, 5.41) is 0. The number of carbonyl (C=O) groups excluding carboxylic acids is 1. The highest BCUT2D eigenvalue weighted by molar-refractivity contribution is 5.75. The van der Waals surface area contributed by atoms with Gasteiger partial charge in [-0.05, 0) is 31.9 Å². The average Bonchev–Trinajstić information content (AvgIpc) is 2.39. The maximum absolute atomic E-state index is 10.6. The van der Waals surface area contributed by atoms with Crippen molar-refractivity contribution in [1.29, 1.82) is 0 Å². The van der Waals surface area contributed by atoms with Crippen LogP contribution in [0.15, 0.2) is 18.3 Å². The Morgan fingerprint density at radius 2 is 2.45 bits per heavy atom. The van der Waals surface area contributed by atoms with Gasteiger partial charge in [-0.3, -0.25) is 0 Å². The van der Waals surface area contributed by atoms with E-state index >= 15 is 0 Å². The zero-order valence-electron chi connectivity index (χ0n) is 6.76. The van der Waals surface area contributed by atoms with Gasteiger partial charge >= 0.3 is 0 Å². The van der Waals surface area contributed by atoms with E-state index in [1.807, 2.05) is 18.3 Å². The number of carbonyl (C=O) groups is 1. The van der Waals surface area contributed by atoms with Gasteiger partial charge in [-0.15, -0.1) is 0 Å². The third-order valence-corrected chi connectivity index (χ3v) is 1.64. The number of ketones is 1. The fourth-order valence-electron chi connectivity index (χ4n) is 1.05. The first-order valence-electron chi connectivity index (χ1n) is 3.91. The predicted molar refractivity (Wildman–Crippen MR) is 44.4 cm³/mol. The lowest BCUT2D eigenvalue weighted by atomic mass is 10.1. The molecule has 1 heterocycles. The molecule has 1 rings (SSSR count). The first-order valence-corrected chi connectivity index (χ1v) is 3.91. The zero-order valence-corrected chi connectivity index (χ0v) is 6.76. The van der Waals surface area contributed by atoms with E-state index in [0.29, 0.717) is 6.42 Å². The van der Waals surface area contributed by atoms with Crippen molar-refractivity contribution in [3.8, 4) is 0 Å². The van der Waals surface area contributed by atoms with Crippen molar-refractivity contribution in [2.45, 2.75) is 26.2 Å². The van der Waals surface area contributed by atoms with Crippen LogP contribution in [0.2, 0.25) is 0 Å². The van der Waals surface area contributed by atoms with E-state index in [1.54, 1.807) is 6.92 Å². The maximum Gasteiger partial charge on any atom is 0.129 e. The molecule has 0 saturated heterocycles. The molecular formula is C9H13NO. The number of nitrogens with one attached hydrogen (secondary N) is 1. The molecule has 2 nitrogen and oxygen atoms in total. The Kier molecular flexibility index (Phi) is 2.90. The lowest BCUT2D eigenvalue weighted by Crippen LogP contribution is -1.92. The van der Waals surface area contributed by atoms with Crippen LogP contribution in [0.5, 0.6) is 0 Å². The summed E-state index contributed by atoms with van der Waals surface area (Å²) in [5.74, 6) is 0.275. The molecule has 1 aromatic rings. The summed E-state index contributed by atoms with van der Waals surface area (Å²) in [4.78, 5) is 13.7. The van der Waals surface area contributed by atoms with E-state index in [2.05, 4.69) is 4.98 Å². The van der Waals surface area contributed by atoms with E-state index in [4.69, 9.17) is 0 Å². The predicted octanol–water partition coefficient (Wildman–Crippen LogP) is 1.93. The molecule has 0 aliphatic carbocycles. The van der Waals surface area contributed by atoms with E-state index in [1.165, 1.54) is 5.69 Å². The number of hydrogen-bond acceptors (Lipinski definition) is 1. The summed E-state index contributed by atoms with van der Waals surface area (Å²) in [5.41, 5.74) is 1.21. The van der Waals surface area contributed by atoms with Crippen LogP contribution in [0.4, 0.5) is 0 Å². The molecule has 0 unspecified atom stereocenters. The number of hydrogen-bond donors (Lipinski definition) is 1. The molecule has 0 aromatic carbocycles. The molecular weight excluding hydrogens is 138 g/mol. The average molecular weight is 151 g/mol.